The fourth-order valence-corrected chi connectivity index (χ4v) is 2.92. The molecule has 1 aromatic heterocycles. The highest BCUT2D eigenvalue weighted by molar-refractivity contribution is 5.88. The zero-order chi connectivity index (χ0) is 15.5. The molecule has 4 heteroatoms. The number of aromatic amines is 1. The van der Waals surface area contributed by atoms with Gasteiger partial charge in [0.2, 0.25) is 6.54 Å². The molecular weight excluding hydrogens is 276 g/mol. The van der Waals surface area contributed by atoms with Crippen LogP contribution in [0.25, 0.3) is 17.0 Å². The Morgan fingerprint density at radius 2 is 1.82 bits per heavy atom. The van der Waals surface area contributed by atoms with Gasteiger partial charge in [0.15, 0.2) is 0 Å². The van der Waals surface area contributed by atoms with Crippen molar-refractivity contribution in [2.75, 3.05) is 6.54 Å². The quantitative estimate of drug-likeness (QED) is 0.565. The molecule has 22 heavy (non-hydrogen) atoms. The van der Waals surface area contributed by atoms with Gasteiger partial charge in [0.05, 0.1) is 5.92 Å². The van der Waals surface area contributed by atoms with Crippen LogP contribution in [-0.4, -0.2) is 16.5 Å². The molecule has 1 N–H and O–H groups in total. The van der Waals surface area contributed by atoms with E-state index >= 15 is 0 Å². The second-order valence-corrected chi connectivity index (χ2v) is 5.18. The lowest BCUT2D eigenvalue weighted by Gasteiger charge is -2.14. The van der Waals surface area contributed by atoms with E-state index in [1.54, 1.807) is 6.08 Å². The van der Waals surface area contributed by atoms with Crippen molar-refractivity contribution in [3.05, 3.63) is 88.1 Å². The summed E-state index contributed by atoms with van der Waals surface area (Å²) in [6.45, 7) is 3.69. The molecular formula is C18H16N2O2. The van der Waals surface area contributed by atoms with Crippen LogP contribution in [0.2, 0.25) is 0 Å². The van der Waals surface area contributed by atoms with Crippen LogP contribution in [-0.2, 0) is 0 Å². The third kappa shape index (κ3) is 2.51. The average molecular weight is 292 g/mol. The number of hydrogen-bond donors (Lipinski definition) is 1. The minimum Gasteiger partial charge on any atom is -0.355 e. The van der Waals surface area contributed by atoms with E-state index in [1.807, 2.05) is 54.6 Å². The Kier molecular flexibility index (Phi) is 3.74. The molecule has 0 saturated carbocycles. The number of H-pyrrole nitrogens is 1. The van der Waals surface area contributed by atoms with E-state index in [4.69, 9.17) is 0 Å². The van der Waals surface area contributed by atoms with Crippen LogP contribution in [0.15, 0.2) is 61.2 Å². The van der Waals surface area contributed by atoms with E-state index in [0.29, 0.717) is 0 Å². The second-order valence-electron chi connectivity index (χ2n) is 5.18. The molecule has 0 aliphatic carbocycles. The van der Waals surface area contributed by atoms with Gasteiger partial charge >= 0.3 is 0 Å². The smallest absolute Gasteiger partial charge is 0.214 e. The monoisotopic (exact) mass is 292 g/mol. The van der Waals surface area contributed by atoms with Crippen molar-refractivity contribution in [1.82, 2.24) is 4.98 Å². The van der Waals surface area contributed by atoms with Crippen LogP contribution in [0, 0.1) is 10.1 Å². The van der Waals surface area contributed by atoms with Crippen molar-refractivity contribution in [3.8, 4) is 0 Å². The van der Waals surface area contributed by atoms with E-state index < -0.39 is 0 Å². The zero-order valence-electron chi connectivity index (χ0n) is 12.0. The van der Waals surface area contributed by atoms with Crippen molar-refractivity contribution in [2.45, 2.75) is 5.92 Å². The van der Waals surface area contributed by atoms with E-state index in [1.165, 1.54) is 0 Å². The standard InChI is InChI=1S/C18H16N2O2/c1-2-16-18(14-10-6-7-11-17(14)19-16)15(12-20(21)22)13-8-4-3-5-9-13/h2-11,15,19H,1,12H2. The SMILES string of the molecule is C=Cc1[nH]c2ccccc2c1C(C[N+](=O)[O-])c1ccccc1. The van der Waals surface area contributed by atoms with Crippen molar-refractivity contribution in [2.24, 2.45) is 0 Å². The number of nitro groups is 1. The van der Waals surface area contributed by atoms with Gasteiger partial charge in [-0.05, 0) is 23.3 Å². The van der Waals surface area contributed by atoms with Crippen molar-refractivity contribution in [3.63, 3.8) is 0 Å². The Morgan fingerprint density at radius 1 is 1.14 bits per heavy atom. The lowest BCUT2D eigenvalue weighted by atomic mass is 9.89. The van der Waals surface area contributed by atoms with Gasteiger partial charge in [0, 0.05) is 21.5 Å². The molecule has 1 atom stereocenters. The summed E-state index contributed by atoms with van der Waals surface area (Å²) in [6, 6.07) is 17.4. The molecule has 110 valence electrons. The maximum atomic E-state index is 11.2. The lowest BCUT2D eigenvalue weighted by Crippen LogP contribution is -2.14. The first-order valence-corrected chi connectivity index (χ1v) is 7.10. The summed E-state index contributed by atoms with van der Waals surface area (Å²) in [7, 11) is 0. The predicted molar refractivity (Wildman–Crippen MR) is 88.5 cm³/mol. The maximum Gasteiger partial charge on any atom is 0.214 e. The van der Waals surface area contributed by atoms with Gasteiger partial charge in [-0.2, -0.15) is 0 Å². The molecule has 0 amide bonds. The number of nitrogens with zero attached hydrogens (tertiary/aromatic N) is 1. The predicted octanol–water partition coefficient (Wildman–Crippen LogP) is 4.22. The molecule has 0 bridgehead atoms. The van der Waals surface area contributed by atoms with Gasteiger partial charge in [-0.15, -0.1) is 0 Å². The molecule has 1 heterocycles. The molecule has 0 radical (unpaired) electrons. The summed E-state index contributed by atoms with van der Waals surface area (Å²) in [4.78, 5) is 14.2. The fourth-order valence-electron chi connectivity index (χ4n) is 2.92. The topological polar surface area (TPSA) is 58.9 Å². The van der Waals surface area contributed by atoms with Gasteiger partial charge in [-0.3, -0.25) is 10.1 Å². The Balaban J connectivity index is 2.23. The summed E-state index contributed by atoms with van der Waals surface area (Å²) in [5.74, 6) is -0.305. The minimum atomic E-state index is -0.305. The van der Waals surface area contributed by atoms with Gasteiger partial charge in [-0.25, -0.2) is 0 Å². The summed E-state index contributed by atoms with van der Waals surface area (Å²) < 4.78 is 0. The first-order chi connectivity index (χ1) is 10.7. The number of benzene rings is 2. The normalized spacial score (nSPS) is 12.2. The van der Waals surface area contributed by atoms with Crippen LogP contribution < -0.4 is 0 Å². The lowest BCUT2D eigenvalue weighted by molar-refractivity contribution is -0.481. The summed E-state index contributed by atoms with van der Waals surface area (Å²) in [6.07, 6.45) is 1.73. The molecule has 2 aromatic carbocycles. The molecule has 3 aromatic rings. The van der Waals surface area contributed by atoms with Crippen molar-refractivity contribution < 1.29 is 4.92 Å². The molecule has 0 aliphatic rings. The molecule has 1 unspecified atom stereocenters. The van der Waals surface area contributed by atoms with E-state index in [9.17, 15) is 10.1 Å². The van der Waals surface area contributed by atoms with Gasteiger partial charge in [0.25, 0.3) is 0 Å². The molecule has 4 nitrogen and oxygen atoms in total. The number of aromatic nitrogens is 1. The zero-order valence-corrected chi connectivity index (χ0v) is 12.0. The first-order valence-electron chi connectivity index (χ1n) is 7.10. The van der Waals surface area contributed by atoms with Gasteiger partial charge in [0.1, 0.15) is 0 Å². The third-order valence-corrected chi connectivity index (χ3v) is 3.86. The van der Waals surface area contributed by atoms with Crippen molar-refractivity contribution in [1.29, 1.82) is 0 Å². The molecule has 0 fully saturated rings. The van der Waals surface area contributed by atoms with Crippen molar-refractivity contribution >= 4 is 17.0 Å². The van der Waals surface area contributed by atoms with E-state index in [-0.39, 0.29) is 17.4 Å². The largest absolute Gasteiger partial charge is 0.355 e. The Morgan fingerprint density at radius 3 is 2.50 bits per heavy atom. The van der Waals surface area contributed by atoms with Gasteiger partial charge < -0.3 is 4.98 Å². The Labute approximate surface area is 128 Å². The number of nitrogens with one attached hydrogen (secondary N) is 1. The number of fused-ring (bicyclic) bond motifs is 1. The maximum absolute atomic E-state index is 11.2. The highest BCUT2D eigenvalue weighted by Crippen LogP contribution is 2.34. The minimum absolute atomic E-state index is 0.146. The third-order valence-electron chi connectivity index (χ3n) is 3.86. The highest BCUT2D eigenvalue weighted by Gasteiger charge is 2.25. The van der Waals surface area contributed by atoms with E-state index in [0.717, 1.165) is 27.7 Å². The Hall–Kier alpha value is -2.88. The first kappa shape index (κ1) is 14.1. The van der Waals surface area contributed by atoms with Crippen LogP contribution in [0.3, 0.4) is 0 Å². The van der Waals surface area contributed by atoms with Crippen LogP contribution in [0.4, 0.5) is 0 Å². The van der Waals surface area contributed by atoms with Gasteiger partial charge in [-0.1, -0.05) is 55.1 Å². The van der Waals surface area contributed by atoms with Crippen LogP contribution in [0.1, 0.15) is 22.7 Å². The summed E-state index contributed by atoms with van der Waals surface area (Å²) in [5, 5.41) is 12.2. The number of rotatable bonds is 5. The molecule has 0 spiro atoms. The molecule has 0 aliphatic heterocycles. The van der Waals surface area contributed by atoms with Crippen LogP contribution in [0.5, 0.6) is 0 Å². The number of hydrogen-bond acceptors (Lipinski definition) is 2. The molecule has 0 saturated heterocycles. The summed E-state index contributed by atoms with van der Waals surface area (Å²) >= 11 is 0. The molecule has 3 rings (SSSR count). The average Bonchev–Trinajstić information content (AvgIpc) is 2.91. The Bertz CT molecular complexity index is 821. The van der Waals surface area contributed by atoms with E-state index in [2.05, 4.69) is 11.6 Å². The number of para-hydroxylation sites is 1. The fraction of sp³-hybridized carbons (Fsp3) is 0.111. The highest BCUT2D eigenvalue weighted by atomic mass is 16.6. The second kappa shape index (κ2) is 5.85. The summed E-state index contributed by atoms with van der Waals surface area (Å²) in [5.41, 5.74) is 3.69. The van der Waals surface area contributed by atoms with Crippen LogP contribution >= 0.6 is 0 Å².